The maximum Gasteiger partial charge on any atom is 0.264 e. The summed E-state index contributed by atoms with van der Waals surface area (Å²) in [6.07, 6.45) is 5.09. The Morgan fingerprint density at radius 1 is 1.04 bits per heavy atom. The SMILES string of the molecule is O=C(C1CCCN1C(=O)c1cccs1)N1CCN(c2ncccn2)CC1. The monoisotopic (exact) mass is 371 g/mol. The lowest BCUT2D eigenvalue weighted by Gasteiger charge is -2.37. The minimum atomic E-state index is -0.330. The topological polar surface area (TPSA) is 69.6 Å². The van der Waals surface area contributed by atoms with Gasteiger partial charge in [-0.3, -0.25) is 9.59 Å². The minimum absolute atomic E-state index is 0.0211. The lowest BCUT2D eigenvalue weighted by molar-refractivity contribution is -0.135. The lowest BCUT2D eigenvalue weighted by atomic mass is 10.1. The molecule has 2 aromatic heterocycles. The molecular formula is C18H21N5O2S. The molecule has 4 rings (SSSR count). The van der Waals surface area contributed by atoms with Gasteiger partial charge in [0.05, 0.1) is 4.88 Å². The molecule has 0 saturated carbocycles. The van der Waals surface area contributed by atoms with E-state index in [2.05, 4.69) is 14.9 Å². The van der Waals surface area contributed by atoms with Gasteiger partial charge in [-0.2, -0.15) is 0 Å². The smallest absolute Gasteiger partial charge is 0.264 e. The third kappa shape index (κ3) is 3.29. The van der Waals surface area contributed by atoms with Crippen molar-refractivity contribution in [2.45, 2.75) is 18.9 Å². The van der Waals surface area contributed by atoms with Gasteiger partial charge in [-0.05, 0) is 30.4 Å². The summed E-state index contributed by atoms with van der Waals surface area (Å²) in [5.41, 5.74) is 0. The second-order valence-corrected chi connectivity index (χ2v) is 7.44. The second kappa shape index (κ2) is 7.41. The standard InChI is InChI=1S/C18H21N5O2S/c24-16(14-4-1-8-23(14)17(25)15-5-2-13-26-15)21-9-11-22(12-10-21)18-19-6-3-7-20-18/h2-3,5-7,13-14H,1,4,8-12H2. The van der Waals surface area contributed by atoms with Crippen molar-refractivity contribution in [2.24, 2.45) is 0 Å². The number of hydrogen-bond donors (Lipinski definition) is 0. The van der Waals surface area contributed by atoms with E-state index in [0.717, 1.165) is 12.8 Å². The first kappa shape index (κ1) is 17.0. The summed E-state index contributed by atoms with van der Waals surface area (Å²) >= 11 is 1.43. The molecule has 2 fully saturated rings. The highest BCUT2D eigenvalue weighted by atomic mass is 32.1. The third-order valence-corrected chi connectivity index (χ3v) is 5.81. The number of piperazine rings is 1. The van der Waals surface area contributed by atoms with Gasteiger partial charge < -0.3 is 14.7 Å². The molecule has 0 aromatic carbocycles. The van der Waals surface area contributed by atoms with E-state index >= 15 is 0 Å². The molecule has 0 N–H and O–H groups in total. The molecule has 2 amide bonds. The number of anilines is 1. The molecule has 2 aromatic rings. The van der Waals surface area contributed by atoms with E-state index < -0.39 is 0 Å². The van der Waals surface area contributed by atoms with Gasteiger partial charge in [-0.25, -0.2) is 9.97 Å². The van der Waals surface area contributed by atoms with Crippen LogP contribution in [0.25, 0.3) is 0 Å². The zero-order chi connectivity index (χ0) is 17.9. The van der Waals surface area contributed by atoms with Gasteiger partial charge in [-0.15, -0.1) is 11.3 Å². The van der Waals surface area contributed by atoms with Crippen LogP contribution >= 0.6 is 11.3 Å². The van der Waals surface area contributed by atoms with E-state index in [-0.39, 0.29) is 17.9 Å². The van der Waals surface area contributed by atoms with E-state index in [1.54, 1.807) is 23.4 Å². The fourth-order valence-corrected chi connectivity index (χ4v) is 4.28. The average molecular weight is 371 g/mol. The van der Waals surface area contributed by atoms with Gasteiger partial charge in [0, 0.05) is 45.1 Å². The van der Waals surface area contributed by atoms with E-state index in [1.807, 2.05) is 22.4 Å². The number of thiophene rings is 1. The Morgan fingerprint density at radius 2 is 1.81 bits per heavy atom. The van der Waals surface area contributed by atoms with Gasteiger partial charge in [0.2, 0.25) is 11.9 Å². The number of rotatable bonds is 3. The molecule has 0 aliphatic carbocycles. The number of carbonyl (C=O) groups excluding carboxylic acids is 2. The average Bonchev–Trinajstić information content (AvgIpc) is 3.40. The molecule has 8 heteroatoms. The Kier molecular flexibility index (Phi) is 4.83. The Balaban J connectivity index is 1.39. The number of hydrogen-bond acceptors (Lipinski definition) is 6. The van der Waals surface area contributed by atoms with Crippen molar-refractivity contribution in [1.82, 2.24) is 19.8 Å². The van der Waals surface area contributed by atoms with Crippen LogP contribution in [0.2, 0.25) is 0 Å². The predicted octanol–water partition coefficient (Wildman–Crippen LogP) is 1.49. The normalized spacial score (nSPS) is 20.5. The summed E-state index contributed by atoms with van der Waals surface area (Å²) < 4.78 is 0. The minimum Gasteiger partial charge on any atom is -0.337 e. The van der Waals surface area contributed by atoms with E-state index in [1.165, 1.54) is 11.3 Å². The fraction of sp³-hybridized carbons (Fsp3) is 0.444. The summed E-state index contributed by atoms with van der Waals surface area (Å²) in [5, 5.41) is 1.89. The highest BCUT2D eigenvalue weighted by Crippen LogP contribution is 2.24. The molecule has 26 heavy (non-hydrogen) atoms. The van der Waals surface area contributed by atoms with Crippen molar-refractivity contribution < 1.29 is 9.59 Å². The van der Waals surface area contributed by atoms with Gasteiger partial charge in [0.1, 0.15) is 6.04 Å². The molecule has 2 aliphatic heterocycles. The van der Waals surface area contributed by atoms with Crippen LogP contribution in [0.1, 0.15) is 22.5 Å². The Hall–Kier alpha value is -2.48. The fourth-order valence-electron chi connectivity index (χ4n) is 3.60. The molecule has 2 aliphatic rings. The molecule has 0 radical (unpaired) electrons. The van der Waals surface area contributed by atoms with Crippen LogP contribution in [0.15, 0.2) is 36.0 Å². The first-order chi connectivity index (χ1) is 12.7. The van der Waals surface area contributed by atoms with Crippen LogP contribution in [-0.4, -0.2) is 70.3 Å². The molecule has 7 nitrogen and oxygen atoms in total. The first-order valence-electron chi connectivity index (χ1n) is 8.89. The predicted molar refractivity (Wildman–Crippen MR) is 99.2 cm³/mol. The van der Waals surface area contributed by atoms with Gasteiger partial charge in [-0.1, -0.05) is 6.07 Å². The van der Waals surface area contributed by atoms with Crippen molar-refractivity contribution in [3.05, 3.63) is 40.8 Å². The summed E-state index contributed by atoms with van der Waals surface area (Å²) in [7, 11) is 0. The van der Waals surface area contributed by atoms with Crippen molar-refractivity contribution in [2.75, 3.05) is 37.6 Å². The number of nitrogens with zero attached hydrogens (tertiary/aromatic N) is 5. The largest absolute Gasteiger partial charge is 0.337 e. The van der Waals surface area contributed by atoms with Gasteiger partial charge >= 0.3 is 0 Å². The van der Waals surface area contributed by atoms with Crippen LogP contribution < -0.4 is 4.90 Å². The van der Waals surface area contributed by atoms with Crippen molar-refractivity contribution >= 4 is 29.1 Å². The van der Waals surface area contributed by atoms with Crippen molar-refractivity contribution in [3.8, 4) is 0 Å². The maximum absolute atomic E-state index is 13.0. The van der Waals surface area contributed by atoms with Gasteiger partial charge in [0.15, 0.2) is 0 Å². The number of carbonyl (C=O) groups is 2. The molecular weight excluding hydrogens is 350 g/mol. The maximum atomic E-state index is 13.0. The van der Waals surface area contributed by atoms with Crippen LogP contribution in [0.4, 0.5) is 5.95 Å². The highest BCUT2D eigenvalue weighted by Gasteiger charge is 2.38. The van der Waals surface area contributed by atoms with Crippen LogP contribution in [0, 0.1) is 0 Å². The van der Waals surface area contributed by atoms with E-state index in [4.69, 9.17) is 0 Å². The first-order valence-corrected chi connectivity index (χ1v) is 9.77. The van der Waals surface area contributed by atoms with E-state index in [0.29, 0.717) is 43.5 Å². The quantitative estimate of drug-likeness (QED) is 0.818. The van der Waals surface area contributed by atoms with Gasteiger partial charge in [0.25, 0.3) is 5.91 Å². The third-order valence-electron chi connectivity index (χ3n) is 4.96. The summed E-state index contributed by atoms with van der Waals surface area (Å²) in [5.74, 6) is 0.753. The zero-order valence-electron chi connectivity index (χ0n) is 14.5. The van der Waals surface area contributed by atoms with E-state index in [9.17, 15) is 9.59 Å². The number of amides is 2. The van der Waals surface area contributed by atoms with Crippen LogP contribution in [0.3, 0.4) is 0 Å². The van der Waals surface area contributed by atoms with Crippen molar-refractivity contribution in [3.63, 3.8) is 0 Å². The Bertz CT molecular complexity index is 759. The van der Waals surface area contributed by atoms with Crippen LogP contribution in [-0.2, 0) is 4.79 Å². The summed E-state index contributed by atoms with van der Waals surface area (Å²) in [6, 6.07) is 5.16. The number of aromatic nitrogens is 2. The zero-order valence-corrected chi connectivity index (χ0v) is 15.3. The molecule has 1 atom stereocenters. The molecule has 4 heterocycles. The molecule has 136 valence electrons. The second-order valence-electron chi connectivity index (χ2n) is 6.49. The lowest BCUT2D eigenvalue weighted by Crippen LogP contribution is -2.54. The summed E-state index contributed by atoms with van der Waals surface area (Å²) in [4.78, 5) is 40.7. The van der Waals surface area contributed by atoms with Crippen molar-refractivity contribution in [1.29, 1.82) is 0 Å². The Morgan fingerprint density at radius 3 is 2.50 bits per heavy atom. The Labute approximate surface area is 156 Å². The molecule has 1 unspecified atom stereocenters. The summed E-state index contributed by atoms with van der Waals surface area (Å²) in [6.45, 7) is 3.34. The van der Waals surface area contributed by atoms with Crippen LogP contribution in [0.5, 0.6) is 0 Å². The highest BCUT2D eigenvalue weighted by molar-refractivity contribution is 7.12. The number of likely N-dealkylation sites (tertiary alicyclic amines) is 1. The molecule has 2 saturated heterocycles. The molecule has 0 spiro atoms. The molecule has 0 bridgehead atoms.